The van der Waals surface area contributed by atoms with Crippen LogP contribution in [0.1, 0.15) is 0 Å². The second-order valence-corrected chi connectivity index (χ2v) is 3.44. The average molecular weight is 206 g/mol. The van der Waals surface area contributed by atoms with Crippen molar-refractivity contribution in [3.8, 4) is 11.3 Å². The van der Waals surface area contributed by atoms with E-state index in [1.54, 1.807) is 6.20 Å². The minimum atomic E-state index is 0.841. The van der Waals surface area contributed by atoms with Crippen molar-refractivity contribution < 1.29 is 0 Å². The lowest BCUT2D eigenvalue weighted by molar-refractivity contribution is 1.17. The van der Waals surface area contributed by atoms with Crippen LogP contribution in [0.2, 0.25) is 0 Å². The standard InChI is InChI=1S/C13H8N3/c1-2-4-12-10(3-1)7-11(8-15-12)13-5-6-14-9-16-13/h1-7,9H. The summed E-state index contributed by atoms with van der Waals surface area (Å²) < 4.78 is 0. The normalized spacial score (nSPS) is 10.5. The van der Waals surface area contributed by atoms with E-state index < -0.39 is 0 Å². The molecule has 0 aliphatic carbocycles. The Bertz CT molecular complexity index is 620. The monoisotopic (exact) mass is 206 g/mol. The fraction of sp³-hybridized carbons (Fsp3) is 0. The first-order chi connectivity index (χ1) is 7.93. The maximum atomic E-state index is 4.27. The topological polar surface area (TPSA) is 38.7 Å². The van der Waals surface area contributed by atoms with Gasteiger partial charge in [-0.2, -0.15) is 0 Å². The van der Waals surface area contributed by atoms with Crippen molar-refractivity contribution in [1.82, 2.24) is 15.0 Å². The van der Waals surface area contributed by atoms with E-state index in [1.165, 1.54) is 6.33 Å². The highest BCUT2D eigenvalue weighted by Crippen LogP contribution is 2.19. The summed E-state index contributed by atoms with van der Waals surface area (Å²) >= 11 is 0. The maximum absolute atomic E-state index is 4.27. The van der Waals surface area contributed by atoms with E-state index in [2.05, 4.69) is 21.1 Å². The zero-order chi connectivity index (χ0) is 10.8. The second kappa shape index (κ2) is 3.70. The quantitative estimate of drug-likeness (QED) is 0.614. The molecule has 0 atom stereocenters. The molecule has 3 aromatic rings. The third-order valence-corrected chi connectivity index (χ3v) is 2.39. The van der Waals surface area contributed by atoms with Crippen LogP contribution in [0.25, 0.3) is 22.2 Å². The van der Waals surface area contributed by atoms with Crippen LogP contribution >= 0.6 is 0 Å². The highest BCUT2D eigenvalue weighted by molar-refractivity contribution is 5.82. The maximum Gasteiger partial charge on any atom is 0.116 e. The van der Waals surface area contributed by atoms with E-state index in [0.29, 0.717) is 0 Å². The molecule has 0 unspecified atom stereocenters. The summed E-state index contributed by atoms with van der Waals surface area (Å²) in [4.78, 5) is 12.3. The zero-order valence-electron chi connectivity index (χ0n) is 8.46. The van der Waals surface area contributed by atoms with Crippen LogP contribution in [0.3, 0.4) is 0 Å². The molecule has 0 N–H and O–H groups in total. The van der Waals surface area contributed by atoms with Gasteiger partial charge in [0.25, 0.3) is 0 Å². The number of aromatic nitrogens is 3. The minimum absolute atomic E-state index is 0.841. The van der Waals surface area contributed by atoms with Crippen molar-refractivity contribution in [3.05, 3.63) is 55.1 Å². The lowest BCUT2D eigenvalue weighted by Gasteiger charge is -2.00. The van der Waals surface area contributed by atoms with Gasteiger partial charge in [-0.15, -0.1) is 0 Å². The number of para-hydroxylation sites is 1. The molecule has 0 bridgehead atoms. The Morgan fingerprint density at radius 1 is 1.06 bits per heavy atom. The van der Waals surface area contributed by atoms with Crippen molar-refractivity contribution in [3.63, 3.8) is 0 Å². The SMILES string of the molecule is [c]1nc2ccccc2cc1-c1ccncn1. The first kappa shape index (κ1) is 8.97. The Balaban J connectivity index is 2.19. The molecule has 1 aromatic carbocycles. The lowest BCUT2D eigenvalue weighted by atomic mass is 10.1. The van der Waals surface area contributed by atoms with Gasteiger partial charge < -0.3 is 0 Å². The summed E-state index contributed by atoms with van der Waals surface area (Å²) in [5.74, 6) is 0. The van der Waals surface area contributed by atoms with Crippen LogP contribution in [-0.4, -0.2) is 15.0 Å². The third-order valence-electron chi connectivity index (χ3n) is 2.39. The summed E-state index contributed by atoms with van der Waals surface area (Å²) in [5.41, 5.74) is 2.68. The molecule has 3 heteroatoms. The van der Waals surface area contributed by atoms with Gasteiger partial charge >= 0.3 is 0 Å². The molecule has 0 amide bonds. The largest absolute Gasteiger partial charge is 0.245 e. The van der Waals surface area contributed by atoms with Gasteiger partial charge in [-0.25, -0.2) is 15.0 Å². The minimum Gasteiger partial charge on any atom is -0.245 e. The number of rotatable bonds is 1. The van der Waals surface area contributed by atoms with Crippen LogP contribution in [0.5, 0.6) is 0 Å². The number of pyridine rings is 1. The summed E-state index contributed by atoms with van der Waals surface area (Å²) in [5, 5.41) is 1.09. The molecule has 3 rings (SSSR count). The predicted molar refractivity (Wildman–Crippen MR) is 61.6 cm³/mol. The zero-order valence-corrected chi connectivity index (χ0v) is 8.46. The number of benzene rings is 1. The fourth-order valence-corrected chi connectivity index (χ4v) is 1.60. The van der Waals surface area contributed by atoms with E-state index in [9.17, 15) is 0 Å². The molecule has 0 aliphatic heterocycles. The molecule has 0 fully saturated rings. The van der Waals surface area contributed by atoms with Gasteiger partial charge in [-0.3, -0.25) is 0 Å². The van der Waals surface area contributed by atoms with Gasteiger partial charge in [0.1, 0.15) is 6.33 Å². The van der Waals surface area contributed by atoms with Crippen LogP contribution in [0.4, 0.5) is 0 Å². The van der Waals surface area contributed by atoms with Crippen molar-refractivity contribution in [2.75, 3.05) is 0 Å². The molecule has 0 saturated carbocycles. The van der Waals surface area contributed by atoms with Crippen LogP contribution < -0.4 is 0 Å². The van der Waals surface area contributed by atoms with Gasteiger partial charge in [-0.1, -0.05) is 18.2 Å². The molecule has 16 heavy (non-hydrogen) atoms. The first-order valence-electron chi connectivity index (χ1n) is 4.97. The molecule has 3 nitrogen and oxygen atoms in total. The van der Waals surface area contributed by atoms with E-state index in [1.807, 2.05) is 36.4 Å². The average Bonchev–Trinajstić information content (AvgIpc) is 2.39. The summed E-state index contributed by atoms with van der Waals surface area (Å²) in [6.45, 7) is 0. The molecule has 1 radical (unpaired) electrons. The smallest absolute Gasteiger partial charge is 0.116 e. The molecule has 2 heterocycles. The van der Waals surface area contributed by atoms with Gasteiger partial charge in [-0.05, 0) is 18.2 Å². The van der Waals surface area contributed by atoms with E-state index >= 15 is 0 Å². The van der Waals surface area contributed by atoms with E-state index in [4.69, 9.17) is 0 Å². The third kappa shape index (κ3) is 1.52. The van der Waals surface area contributed by atoms with Gasteiger partial charge in [0.2, 0.25) is 0 Å². The van der Waals surface area contributed by atoms with Crippen molar-refractivity contribution in [2.45, 2.75) is 0 Å². The molecular weight excluding hydrogens is 198 g/mol. The van der Waals surface area contributed by atoms with E-state index in [-0.39, 0.29) is 0 Å². The molecule has 2 aromatic heterocycles. The van der Waals surface area contributed by atoms with Crippen LogP contribution in [0, 0.1) is 6.20 Å². The second-order valence-electron chi connectivity index (χ2n) is 3.44. The Morgan fingerprint density at radius 3 is 2.88 bits per heavy atom. The summed E-state index contributed by atoms with van der Waals surface area (Å²) in [7, 11) is 0. The Kier molecular flexibility index (Phi) is 2.07. The Hall–Kier alpha value is -2.29. The van der Waals surface area contributed by atoms with Gasteiger partial charge in [0.05, 0.1) is 17.4 Å². The number of hydrogen-bond donors (Lipinski definition) is 0. The summed E-state index contributed by atoms with van der Waals surface area (Å²) in [6.07, 6.45) is 6.23. The molecule has 75 valence electrons. The fourth-order valence-electron chi connectivity index (χ4n) is 1.60. The molecule has 0 aliphatic rings. The lowest BCUT2D eigenvalue weighted by Crippen LogP contribution is -1.86. The van der Waals surface area contributed by atoms with Crippen LogP contribution in [0.15, 0.2) is 48.9 Å². The highest BCUT2D eigenvalue weighted by Gasteiger charge is 2.01. The Labute approximate surface area is 92.8 Å². The summed E-state index contributed by atoms with van der Waals surface area (Å²) in [6, 6.07) is 11.8. The van der Waals surface area contributed by atoms with Crippen molar-refractivity contribution in [2.24, 2.45) is 0 Å². The van der Waals surface area contributed by atoms with Gasteiger partial charge in [0, 0.05) is 17.1 Å². The number of hydrogen-bond acceptors (Lipinski definition) is 3. The Morgan fingerprint density at radius 2 is 2.00 bits per heavy atom. The predicted octanol–water partition coefficient (Wildman–Crippen LogP) is 2.49. The van der Waals surface area contributed by atoms with E-state index in [0.717, 1.165) is 22.2 Å². The molecule has 0 saturated heterocycles. The van der Waals surface area contributed by atoms with Crippen molar-refractivity contribution >= 4 is 10.9 Å². The van der Waals surface area contributed by atoms with Gasteiger partial charge in [0.15, 0.2) is 0 Å². The highest BCUT2D eigenvalue weighted by atomic mass is 14.8. The number of fused-ring (bicyclic) bond motifs is 1. The molecular formula is C13H8N3. The molecule has 0 spiro atoms. The van der Waals surface area contributed by atoms with Crippen molar-refractivity contribution in [1.29, 1.82) is 0 Å². The van der Waals surface area contributed by atoms with Crippen LogP contribution in [-0.2, 0) is 0 Å². The number of nitrogens with zero attached hydrogens (tertiary/aromatic N) is 3. The first-order valence-corrected chi connectivity index (χ1v) is 4.97.